The molecule has 0 radical (unpaired) electrons. The van der Waals surface area contributed by atoms with E-state index < -0.39 is 0 Å². The molecular formula is C19H30ClN. The zero-order valence-corrected chi connectivity index (χ0v) is 14.7. The summed E-state index contributed by atoms with van der Waals surface area (Å²) < 4.78 is 0. The molecule has 1 fully saturated rings. The molecule has 1 atom stereocenters. The molecule has 21 heavy (non-hydrogen) atoms. The largest absolute Gasteiger partial charge is 0.327 e. The third-order valence-electron chi connectivity index (χ3n) is 5.27. The zero-order valence-electron chi connectivity index (χ0n) is 14.0. The van der Waals surface area contributed by atoms with Crippen molar-refractivity contribution in [2.75, 3.05) is 0 Å². The van der Waals surface area contributed by atoms with Gasteiger partial charge in [-0.1, -0.05) is 44.5 Å². The predicted molar refractivity (Wildman–Crippen MR) is 92.8 cm³/mol. The van der Waals surface area contributed by atoms with Gasteiger partial charge in [0.1, 0.15) is 0 Å². The van der Waals surface area contributed by atoms with Crippen LogP contribution in [0.15, 0.2) is 18.2 Å². The number of halogens is 1. The first-order valence-electron chi connectivity index (χ1n) is 8.28. The molecule has 1 aliphatic rings. The molecule has 2 rings (SSSR count). The molecule has 1 aliphatic carbocycles. The number of nitrogens with two attached hydrogens (primary N) is 1. The van der Waals surface area contributed by atoms with Gasteiger partial charge in [0.2, 0.25) is 0 Å². The highest BCUT2D eigenvalue weighted by molar-refractivity contribution is 6.31. The Balaban J connectivity index is 1.92. The van der Waals surface area contributed by atoms with E-state index in [1.165, 1.54) is 36.8 Å². The molecule has 1 saturated carbocycles. The van der Waals surface area contributed by atoms with Crippen molar-refractivity contribution in [1.29, 1.82) is 0 Å². The summed E-state index contributed by atoms with van der Waals surface area (Å²) in [5.74, 6) is 1.50. The summed E-state index contributed by atoms with van der Waals surface area (Å²) in [6.45, 7) is 9.17. The van der Waals surface area contributed by atoms with E-state index in [-0.39, 0.29) is 6.04 Å². The Morgan fingerprint density at radius 3 is 2.33 bits per heavy atom. The van der Waals surface area contributed by atoms with Crippen LogP contribution in [-0.2, 0) is 6.42 Å². The van der Waals surface area contributed by atoms with Gasteiger partial charge in [0.25, 0.3) is 0 Å². The molecule has 2 heteroatoms. The summed E-state index contributed by atoms with van der Waals surface area (Å²) in [4.78, 5) is 0. The first-order valence-corrected chi connectivity index (χ1v) is 8.66. The summed E-state index contributed by atoms with van der Waals surface area (Å²) in [5.41, 5.74) is 9.34. The van der Waals surface area contributed by atoms with Crippen molar-refractivity contribution in [3.05, 3.63) is 34.3 Å². The van der Waals surface area contributed by atoms with E-state index >= 15 is 0 Å². The molecule has 1 unspecified atom stereocenters. The highest BCUT2D eigenvalue weighted by atomic mass is 35.5. The van der Waals surface area contributed by atoms with Crippen molar-refractivity contribution in [2.45, 2.75) is 65.8 Å². The standard InChI is InChI=1S/C19H30ClN/c1-13-5-6-15(17(20)11-13)12-18(21)14-7-9-16(10-8-14)19(2,3)4/h5-6,11,14,16,18H,7-10,12,21H2,1-4H3. The van der Waals surface area contributed by atoms with Crippen molar-refractivity contribution in [3.63, 3.8) is 0 Å². The fourth-order valence-electron chi connectivity index (χ4n) is 3.65. The van der Waals surface area contributed by atoms with Crippen molar-refractivity contribution in [1.82, 2.24) is 0 Å². The minimum atomic E-state index is 0.242. The Morgan fingerprint density at radius 1 is 1.19 bits per heavy atom. The van der Waals surface area contributed by atoms with Crippen LogP contribution < -0.4 is 5.73 Å². The molecule has 0 bridgehead atoms. The van der Waals surface area contributed by atoms with Crippen LogP contribution in [0.2, 0.25) is 5.02 Å². The van der Waals surface area contributed by atoms with Crippen LogP contribution >= 0.6 is 11.6 Å². The molecular weight excluding hydrogens is 278 g/mol. The lowest BCUT2D eigenvalue weighted by molar-refractivity contribution is 0.139. The van der Waals surface area contributed by atoms with E-state index in [0.717, 1.165) is 17.4 Å². The first kappa shape index (κ1) is 16.8. The lowest BCUT2D eigenvalue weighted by Crippen LogP contribution is -2.37. The number of hydrogen-bond acceptors (Lipinski definition) is 1. The quantitative estimate of drug-likeness (QED) is 0.798. The third-order valence-corrected chi connectivity index (χ3v) is 5.62. The van der Waals surface area contributed by atoms with Crippen LogP contribution in [0.5, 0.6) is 0 Å². The molecule has 0 spiro atoms. The van der Waals surface area contributed by atoms with Crippen molar-refractivity contribution >= 4 is 11.6 Å². The van der Waals surface area contributed by atoms with Gasteiger partial charge in [0.05, 0.1) is 0 Å². The normalized spacial score (nSPS) is 24.9. The average molecular weight is 308 g/mol. The summed E-state index contributed by atoms with van der Waals surface area (Å²) in [6, 6.07) is 6.55. The zero-order chi connectivity index (χ0) is 15.6. The number of aryl methyl sites for hydroxylation is 1. The van der Waals surface area contributed by atoms with Crippen molar-refractivity contribution < 1.29 is 0 Å². The lowest BCUT2D eigenvalue weighted by atomic mass is 9.68. The highest BCUT2D eigenvalue weighted by Gasteiger charge is 2.31. The minimum absolute atomic E-state index is 0.242. The number of hydrogen-bond donors (Lipinski definition) is 1. The lowest BCUT2D eigenvalue weighted by Gasteiger charge is -2.38. The van der Waals surface area contributed by atoms with E-state index in [9.17, 15) is 0 Å². The third kappa shape index (κ3) is 4.47. The van der Waals surface area contributed by atoms with Crippen LogP contribution in [0.1, 0.15) is 57.6 Å². The maximum absolute atomic E-state index is 6.48. The Kier molecular flexibility index (Phi) is 5.38. The maximum atomic E-state index is 6.48. The summed E-state index contributed by atoms with van der Waals surface area (Å²) in [7, 11) is 0. The molecule has 1 aromatic carbocycles. The first-order chi connectivity index (χ1) is 9.77. The van der Waals surface area contributed by atoms with Gasteiger partial charge in [-0.25, -0.2) is 0 Å². The molecule has 2 N–H and O–H groups in total. The van der Waals surface area contributed by atoms with Gasteiger partial charge in [-0.15, -0.1) is 0 Å². The number of rotatable bonds is 3. The second-order valence-electron chi connectivity index (χ2n) is 7.94. The molecule has 0 aliphatic heterocycles. The minimum Gasteiger partial charge on any atom is -0.327 e. The number of benzene rings is 1. The Labute approximate surface area is 135 Å². The fourth-order valence-corrected chi connectivity index (χ4v) is 3.96. The molecule has 0 amide bonds. The second-order valence-corrected chi connectivity index (χ2v) is 8.35. The SMILES string of the molecule is Cc1ccc(CC(N)C2CCC(C(C)(C)C)CC2)c(Cl)c1. The maximum Gasteiger partial charge on any atom is 0.0441 e. The van der Waals surface area contributed by atoms with Gasteiger partial charge < -0.3 is 5.73 Å². The fraction of sp³-hybridized carbons (Fsp3) is 0.684. The van der Waals surface area contributed by atoms with Gasteiger partial charge in [0.15, 0.2) is 0 Å². The molecule has 0 aromatic heterocycles. The Hall–Kier alpha value is -0.530. The summed E-state index contributed by atoms with van der Waals surface area (Å²) >= 11 is 6.34. The van der Waals surface area contributed by atoms with Crippen LogP contribution in [0.25, 0.3) is 0 Å². The second kappa shape index (κ2) is 6.71. The highest BCUT2D eigenvalue weighted by Crippen LogP contribution is 2.40. The van der Waals surface area contributed by atoms with Crippen LogP contribution in [0.3, 0.4) is 0 Å². The van der Waals surface area contributed by atoms with E-state index in [4.69, 9.17) is 17.3 Å². The van der Waals surface area contributed by atoms with E-state index in [1.54, 1.807) is 0 Å². The van der Waals surface area contributed by atoms with Crippen LogP contribution in [0.4, 0.5) is 0 Å². The molecule has 1 aromatic rings. The Bertz CT molecular complexity index is 467. The van der Waals surface area contributed by atoms with Crippen LogP contribution in [-0.4, -0.2) is 6.04 Å². The van der Waals surface area contributed by atoms with Gasteiger partial charge in [0, 0.05) is 11.1 Å². The van der Waals surface area contributed by atoms with Gasteiger partial charge in [-0.3, -0.25) is 0 Å². The molecule has 0 saturated heterocycles. The molecule has 1 nitrogen and oxygen atoms in total. The average Bonchev–Trinajstić information content (AvgIpc) is 2.41. The summed E-state index contributed by atoms with van der Waals surface area (Å²) in [6.07, 6.45) is 6.09. The predicted octanol–water partition coefficient (Wildman–Crippen LogP) is 5.37. The van der Waals surface area contributed by atoms with Gasteiger partial charge in [-0.2, -0.15) is 0 Å². The summed E-state index contributed by atoms with van der Waals surface area (Å²) in [5, 5.41) is 0.869. The monoisotopic (exact) mass is 307 g/mol. The Morgan fingerprint density at radius 2 is 1.81 bits per heavy atom. The van der Waals surface area contributed by atoms with E-state index in [1.807, 2.05) is 6.07 Å². The topological polar surface area (TPSA) is 26.0 Å². The van der Waals surface area contributed by atoms with Gasteiger partial charge >= 0.3 is 0 Å². The van der Waals surface area contributed by atoms with E-state index in [2.05, 4.69) is 39.8 Å². The van der Waals surface area contributed by atoms with Gasteiger partial charge in [-0.05, 0) is 73.5 Å². The molecule has 0 heterocycles. The smallest absolute Gasteiger partial charge is 0.0441 e. The molecule has 118 valence electrons. The van der Waals surface area contributed by atoms with Crippen molar-refractivity contribution in [2.24, 2.45) is 23.0 Å². The van der Waals surface area contributed by atoms with Crippen molar-refractivity contribution in [3.8, 4) is 0 Å². The van der Waals surface area contributed by atoms with E-state index in [0.29, 0.717) is 11.3 Å². The van der Waals surface area contributed by atoms with Crippen LogP contribution in [0, 0.1) is 24.2 Å².